The van der Waals surface area contributed by atoms with Gasteiger partial charge < -0.3 is 5.11 Å². The number of carbonyl (C=O) groups excluding carboxylic acids is 1. The number of hydrogen-bond donors (Lipinski definition) is 1. The molecule has 0 aliphatic rings. The zero-order valence-electron chi connectivity index (χ0n) is 18.2. The Morgan fingerprint density at radius 2 is 1.41 bits per heavy atom. The molecule has 1 N–H and O–H groups in total. The van der Waals surface area contributed by atoms with Crippen LogP contribution in [0.2, 0.25) is 0 Å². The van der Waals surface area contributed by atoms with Gasteiger partial charge in [0.1, 0.15) is 17.3 Å². The number of alkyl halides is 9. The molecule has 3 rings (SSSR count). The topological polar surface area (TPSA) is 91.8 Å². The van der Waals surface area contributed by atoms with Crippen molar-refractivity contribution in [2.75, 3.05) is 0 Å². The van der Waals surface area contributed by atoms with Crippen LogP contribution in [-0.2, 0) is 35.6 Å². The van der Waals surface area contributed by atoms with Crippen molar-refractivity contribution in [3.63, 3.8) is 0 Å². The molecule has 2 aromatic heterocycles. The van der Waals surface area contributed by atoms with Crippen molar-refractivity contribution < 1.29 is 79.7 Å². The molecule has 1 aromatic carbocycles. The monoisotopic (exact) mass is 617 g/mol. The van der Waals surface area contributed by atoms with E-state index < -0.39 is 97.3 Å². The average Bonchev–Trinajstić information content (AvgIpc) is 3.06. The number of nitrogens with zero attached hydrogens (tertiary/aromatic N) is 4. The third-order valence-corrected chi connectivity index (χ3v) is 4.88. The Morgan fingerprint density at radius 1 is 0.923 bits per heavy atom. The van der Waals surface area contributed by atoms with Gasteiger partial charge in [-0.2, -0.15) is 63.3 Å². The molecule has 1 radical (unpaired) electrons. The maximum Gasteiger partial charge on any atom is 0.436 e. The molecule has 0 atom stereocenters. The quantitative estimate of drug-likeness (QED) is 0.172. The summed E-state index contributed by atoms with van der Waals surface area (Å²) in [5.74, 6) is -11.2. The molecule has 0 unspecified atom stereocenters. The predicted molar refractivity (Wildman–Crippen MR) is 97.2 cm³/mol. The third-order valence-electron chi connectivity index (χ3n) is 4.88. The number of ketones is 1. The van der Waals surface area contributed by atoms with Gasteiger partial charge in [-0.25, -0.2) is 9.37 Å². The van der Waals surface area contributed by atoms with Crippen molar-refractivity contribution in [2.24, 2.45) is 0 Å². The molecular formula is C20H6F12MnN4O2. The first-order valence-electron chi connectivity index (χ1n) is 9.39. The molecule has 0 amide bonds. The molecule has 0 spiro atoms. The summed E-state index contributed by atoms with van der Waals surface area (Å²) >= 11 is 0. The number of carbonyl (C=O) groups is 1. The smallest absolute Gasteiger partial charge is 0.436 e. The molecule has 0 saturated carbocycles. The Kier molecular flexibility index (Phi) is 8.12. The Labute approximate surface area is 217 Å². The van der Waals surface area contributed by atoms with Crippen LogP contribution >= 0.6 is 0 Å². The van der Waals surface area contributed by atoms with Crippen molar-refractivity contribution in [1.29, 1.82) is 5.26 Å². The maximum absolute atomic E-state index is 14.5. The molecule has 0 aliphatic heterocycles. The zero-order valence-corrected chi connectivity index (χ0v) is 19.4. The van der Waals surface area contributed by atoms with Crippen LogP contribution in [0.25, 0.3) is 5.69 Å². The van der Waals surface area contributed by atoms with Gasteiger partial charge in [-0.05, 0) is 19.1 Å². The number of aromatic nitrogens is 3. The number of benzene rings is 1. The van der Waals surface area contributed by atoms with Crippen molar-refractivity contribution in [1.82, 2.24) is 14.8 Å². The van der Waals surface area contributed by atoms with Gasteiger partial charge in [0.05, 0.1) is 22.4 Å². The molecule has 209 valence electrons. The van der Waals surface area contributed by atoms with Crippen LogP contribution < -0.4 is 0 Å². The van der Waals surface area contributed by atoms with E-state index in [0.717, 1.165) is 13.0 Å². The Bertz CT molecular complexity index is 1480. The second-order valence-electron chi connectivity index (χ2n) is 7.30. The first-order valence-corrected chi connectivity index (χ1v) is 9.39. The summed E-state index contributed by atoms with van der Waals surface area (Å²) in [5.41, 5.74) is -14.6. The summed E-state index contributed by atoms with van der Waals surface area (Å²) in [5, 5.41) is 22.4. The van der Waals surface area contributed by atoms with Crippen LogP contribution in [0.15, 0.2) is 12.1 Å². The van der Waals surface area contributed by atoms with Gasteiger partial charge in [-0.1, -0.05) is 0 Å². The summed E-state index contributed by atoms with van der Waals surface area (Å²) in [6.45, 7) is 0.737. The van der Waals surface area contributed by atoms with E-state index >= 15 is 0 Å². The number of pyridine rings is 1. The second kappa shape index (κ2) is 10.1. The minimum atomic E-state index is -5.70. The first-order chi connectivity index (χ1) is 17.2. The molecule has 6 nitrogen and oxygen atoms in total. The minimum Gasteiger partial charge on any atom is -0.493 e. The normalized spacial score (nSPS) is 12.2. The first kappa shape index (κ1) is 31.4. The fraction of sp³-hybridized carbons (Fsp3) is 0.200. The van der Waals surface area contributed by atoms with Crippen LogP contribution in [0, 0.1) is 35.8 Å². The molecule has 0 bridgehead atoms. The van der Waals surface area contributed by atoms with Crippen molar-refractivity contribution in [2.45, 2.75) is 25.5 Å². The van der Waals surface area contributed by atoms with E-state index in [1.54, 1.807) is 0 Å². The largest absolute Gasteiger partial charge is 0.493 e. The second-order valence-corrected chi connectivity index (χ2v) is 7.30. The number of aromatic hydroxyl groups is 1. The van der Waals surface area contributed by atoms with Crippen LogP contribution in [0.1, 0.15) is 44.0 Å². The van der Waals surface area contributed by atoms with Crippen LogP contribution in [0.5, 0.6) is 5.88 Å². The summed E-state index contributed by atoms with van der Waals surface area (Å²) in [7, 11) is 0. The summed E-state index contributed by atoms with van der Waals surface area (Å²) in [6.07, 6.45) is -16.9. The van der Waals surface area contributed by atoms with E-state index in [4.69, 9.17) is 5.26 Å². The van der Waals surface area contributed by atoms with E-state index in [0.29, 0.717) is 0 Å². The van der Waals surface area contributed by atoms with Crippen molar-refractivity contribution in [3.05, 3.63) is 68.9 Å². The van der Waals surface area contributed by atoms with Gasteiger partial charge in [-0.15, -0.1) is 0 Å². The predicted octanol–water partition coefficient (Wildman–Crippen LogP) is 5.86. The van der Waals surface area contributed by atoms with Crippen molar-refractivity contribution in [3.8, 4) is 17.6 Å². The van der Waals surface area contributed by atoms with Gasteiger partial charge in [0.25, 0.3) is 5.95 Å². The SMILES string of the molecule is Cc1nn(-c2c(F)c(F)nc(C(F)(F)F)c2F)c(O)c1C(=O)c1cc(C(F)(F)F)c(C#N)c(C(F)(F)F)c1.[Mn]. The van der Waals surface area contributed by atoms with Gasteiger partial charge >= 0.3 is 18.5 Å². The summed E-state index contributed by atoms with van der Waals surface area (Å²) < 4.78 is 161. The molecule has 39 heavy (non-hydrogen) atoms. The molecule has 0 saturated heterocycles. The fourth-order valence-corrected chi connectivity index (χ4v) is 3.30. The van der Waals surface area contributed by atoms with Crippen LogP contribution in [0.4, 0.5) is 52.7 Å². The maximum atomic E-state index is 14.5. The summed E-state index contributed by atoms with van der Waals surface area (Å²) in [6, 6.07) is 0.375. The number of aryl methyl sites for hydroxylation is 1. The molecule has 2 heterocycles. The fourth-order valence-electron chi connectivity index (χ4n) is 3.30. The number of hydrogen-bond acceptors (Lipinski definition) is 5. The third kappa shape index (κ3) is 5.52. The van der Waals surface area contributed by atoms with E-state index in [1.165, 1.54) is 0 Å². The van der Waals surface area contributed by atoms with E-state index in [9.17, 15) is 62.6 Å². The average molecular weight is 617 g/mol. The summed E-state index contributed by atoms with van der Waals surface area (Å²) in [4.78, 5) is 15.0. The molecule has 19 heteroatoms. The zero-order chi connectivity index (χ0) is 29.1. The van der Waals surface area contributed by atoms with E-state index in [2.05, 4.69) is 10.1 Å². The number of halogens is 12. The molecular weight excluding hydrogens is 611 g/mol. The molecule has 0 aliphatic carbocycles. The van der Waals surface area contributed by atoms with Gasteiger partial charge in [-0.3, -0.25) is 4.79 Å². The Hall–Kier alpha value is -3.78. The van der Waals surface area contributed by atoms with E-state index in [-0.39, 0.29) is 29.2 Å². The van der Waals surface area contributed by atoms with Gasteiger partial charge in [0.15, 0.2) is 17.3 Å². The van der Waals surface area contributed by atoms with Gasteiger partial charge in [0.2, 0.25) is 11.7 Å². The van der Waals surface area contributed by atoms with Crippen LogP contribution in [0.3, 0.4) is 0 Å². The number of rotatable bonds is 3. The molecule has 0 fully saturated rings. The van der Waals surface area contributed by atoms with Gasteiger partial charge in [0, 0.05) is 22.6 Å². The standard InChI is InChI=1S/C20H6F12N4O2.Mn/c1-5-10(14(37)6-2-8(18(24,25)26)7(4-33)9(3-6)19(27,28)29)17(38)36(35-5)13-11(21)15(20(30,31)32)34-16(23)12(13)22;/h2-3,38H,1H3;. The Balaban J connectivity index is 0.00000533. The van der Waals surface area contributed by atoms with E-state index in [1.807, 2.05) is 0 Å². The van der Waals surface area contributed by atoms with Crippen LogP contribution in [-0.4, -0.2) is 25.7 Å². The minimum absolute atomic E-state index is 0. The number of nitriles is 1. The Morgan fingerprint density at radius 3 is 1.82 bits per heavy atom. The molecule has 3 aromatic rings. The van der Waals surface area contributed by atoms with Crippen molar-refractivity contribution >= 4 is 5.78 Å².